The Balaban J connectivity index is 2.16. The number of ether oxygens (including phenoxy) is 1. The molecule has 0 spiro atoms. The van der Waals surface area contributed by atoms with E-state index in [0.717, 1.165) is 24.8 Å². The Morgan fingerprint density at radius 1 is 1.56 bits per heavy atom. The topological polar surface area (TPSA) is 34.2 Å². The average molecular weight is 220 g/mol. The Labute approximate surface area is 97.2 Å². The van der Waals surface area contributed by atoms with Crippen LogP contribution in [0.3, 0.4) is 0 Å². The average Bonchev–Trinajstić information content (AvgIpc) is 3.14. The van der Waals surface area contributed by atoms with E-state index >= 15 is 0 Å². The fourth-order valence-electron chi connectivity index (χ4n) is 2.07. The van der Waals surface area contributed by atoms with E-state index in [2.05, 4.69) is 23.3 Å². The zero-order chi connectivity index (χ0) is 11.4. The Morgan fingerprint density at radius 3 is 3.00 bits per heavy atom. The summed E-state index contributed by atoms with van der Waals surface area (Å²) in [5.74, 6) is 1.53. The van der Waals surface area contributed by atoms with Crippen LogP contribution in [0.2, 0.25) is 0 Å². The summed E-state index contributed by atoms with van der Waals surface area (Å²) in [6.45, 7) is 3.25. The van der Waals surface area contributed by atoms with Crippen LogP contribution < -0.4 is 10.1 Å². The number of methoxy groups -OCH3 is 1. The first-order chi connectivity index (χ1) is 7.86. The molecule has 0 amide bonds. The monoisotopic (exact) mass is 220 g/mol. The summed E-state index contributed by atoms with van der Waals surface area (Å²) in [6, 6.07) is 4.53. The molecule has 1 aliphatic carbocycles. The number of aromatic nitrogens is 1. The maximum absolute atomic E-state index is 5.33. The summed E-state index contributed by atoms with van der Waals surface area (Å²) in [4.78, 5) is 4.27. The first kappa shape index (κ1) is 11.4. The van der Waals surface area contributed by atoms with Crippen molar-refractivity contribution >= 4 is 0 Å². The van der Waals surface area contributed by atoms with Gasteiger partial charge in [0.15, 0.2) is 0 Å². The van der Waals surface area contributed by atoms with Gasteiger partial charge >= 0.3 is 0 Å². The van der Waals surface area contributed by atoms with Crippen LogP contribution in [0.4, 0.5) is 0 Å². The molecule has 0 aliphatic heterocycles. The molecule has 1 saturated carbocycles. The SMILES string of the molecule is CCCNC(c1cccnc1OC)C1CC1. The minimum atomic E-state index is 0.420. The number of rotatable bonds is 6. The summed E-state index contributed by atoms with van der Waals surface area (Å²) in [6.07, 6.45) is 5.58. The van der Waals surface area contributed by atoms with E-state index in [1.807, 2.05) is 6.07 Å². The molecule has 3 heteroatoms. The van der Waals surface area contributed by atoms with Gasteiger partial charge < -0.3 is 10.1 Å². The lowest BCUT2D eigenvalue weighted by molar-refractivity contribution is 0.375. The zero-order valence-electron chi connectivity index (χ0n) is 10.1. The standard InChI is InChI=1S/C13H20N2O/c1-3-8-14-12(10-6-7-10)11-5-4-9-15-13(11)16-2/h4-5,9-10,12,14H,3,6-8H2,1-2H3. The van der Waals surface area contributed by atoms with Crippen molar-refractivity contribution in [2.24, 2.45) is 5.92 Å². The number of nitrogens with zero attached hydrogens (tertiary/aromatic N) is 1. The van der Waals surface area contributed by atoms with Gasteiger partial charge in [0.05, 0.1) is 7.11 Å². The third-order valence-corrected chi connectivity index (χ3v) is 3.04. The molecule has 88 valence electrons. The molecule has 0 aromatic carbocycles. The lowest BCUT2D eigenvalue weighted by atomic mass is 10.0. The van der Waals surface area contributed by atoms with Crippen LogP contribution in [0.15, 0.2) is 18.3 Å². The highest BCUT2D eigenvalue weighted by Gasteiger charge is 2.33. The van der Waals surface area contributed by atoms with E-state index < -0.39 is 0 Å². The van der Waals surface area contributed by atoms with Gasteiger partial charge in [0.1, 0.15) is 0 Å². The van der Waals surface area contributed by atoms with Crippen molar-refractivity contribution in [1.29, 1.82) is 0 Å². The van der Waals surface area contributed by atoms with Crippen LogP contribution in [0, 0.1) is 5.92 Å². The van der Waals surface area contributed by atoms with Crippen molar-refractivity contribution in [3.63, 3.8) is 0 Å². The second-order valence-electron chi connectivity index (χ2n) is 4.37. The second kappa shape index (κ2) is 5.30. The molecule has 1 atom stereocenters. The van der Waals surface area contributed by atoms with E-state index in [-0.39, 0.29) is 0 Å². The van der Waals surface area contributed by atoms with E-state index in [1.165, 1.54) is 18.4 Å². The van der Waals surface area contributed by atoms with Gasteiger partial charge in [-0.3, -0.25) is 0 Å². The summed E-state index contributed by atoms with van der Waals surface area (Å²) in [7, 11) is 1.69. The van der Waals surface area contributed by atoms with E-state index in [4.69, 9.17) is 4.74 Å². The van der Waals surface area contributed by atoms with Crippen LogP contribution in [0.5, 0.6) is 5.88 Å². The quantitative estimate of drug-likeness (QED) is 0.800. The van der Waals surface area contributed by atoms with Gasteiger partial charge in [-0.2, -0.15) is 0 Å². The molecular formula is C13H20N2O. The van der Waals surface area contributed by atoms with Crippen LogP contribution in [-0.2, 0) is 0 Å². The van der Waals surface area contributed by atoms with Crippen molar-refractivity contribution in [3.8, 4) is 5.88 Å². The molecule has 2 rings (SSSR count). The normalized spacial score (nSPS) is 17.1. The minimum Gasteiger partial charge on any atom is -0.481 e. The van der Waals surface area contributed by atoms with Gasteiger partial charge in [-0.05, 0) is 37.8 Å². The van der Waals surface area contributed by atoms with Crippen LogP contribution in [0.25, 0.3) is 0 Å². The van der Waals surface area contributed by atoms with Crippen molar-refractivity contribution in [2.45, 2.75) is 32.2 Å². The molecule has 1 aromatic rings. The van der Waals surface area contributed by atoms with Gasteiger partial charge in [-0.15, -0.1) is 0 Å². The van der Waals surface area contributed by atoms with E-state index in [0.29, 0.717) is 6.04 Å². The number of hydrogen-bond donors (Lipinski definition) is 1. The second-order valence-corrected chi connectivity index (χ2v) is 4.37. The third-order valence-electron chi connectivity index (χ3n) is 3.04. The molecule has 1 unspecified atom stereocenters. The van der Waals surface area contributed by atoms with Crippen LogP contribution >= 0.6 is 0 Å². The van der Waals surface area contributed by atoms with Gasteiger partial charge in [-0.1, -0.05) is 13.0 Å². The largest absolute Gasteiger partial charge is 0.481 e. The molecule has 0 radical (unpaired) electrons. The number of hydrogen-bond acceptors (Lipinski definition) is 3. The molecule has 1 heterocycles. The summed E-state index contributed by atoms with van der Waals surface area (Å²) in [5, 5.41) is 3.60. The molecule has 16 heavy (non-hydrogen) atoms. The van der Waals surface area contributed by atoms with Crippen LogP contribution in [0.1, 0.15) is 37.8 Å². The highest BCUT2D eigenvalue weighted by molar-refractivity contribution is 5.30. The third kappa shape index (κ3) is 2.53. The lowest BCUT2D eigenvalue weighted by Gasteiger charge is -2.19. The first-order valence-corrected chi connectivity index (χ1v) is 6.09. The molecule has 1 aliphatic rings. The molecule has 1 fully saturated rings. The van der Waals surface area contributed by atoms with Crippen LogP contribution in [-0.4, -0.2) is 18.6 Å². The predicted molar refractivity (Wildman–Crippen MR) is 64.5 cm³/mol. The van der Waals surface area contributed by atoms with Gasteiger partial charge in [0.2, 0.25) is 5.88 Å². The van der Waals surface area contributed by atoms with E-state index in [1.54, 1.807) is 13.3 Å². The summed E-state index contributed by atoms with van der Waals surface area (Å²) < 4.78 is 5.33. The fourth-order valence-corrected chi connectivity index (χ4v) is 2.07. The van der Waals surface area contributed by atoms with Gasteiger partial charge in [0.25, 0.3) is 0 Å². The van der Waals surface area contributed by atoms with Gasteiger partial charge in [-0.25, -0.2) is 4.98 Å². The Morgan fingerprint density at radius 2 is 2.38 bits per heavy atom. The Bertz CT molecular complexity index is 336. The van der Waals surface area contributed by atoms with E-state index in [9.17, 15) is 0 Å². The Kier molecular flexibility index (Phi) is 3.78. The lowest BCUT2D eigenvalue weighted by Crippen LogP contribution is -2.24. The first-order valence-electron chi connectivity index (χ1n) is 6.09. The molecule has 3 nitrogen and oxygen atoms in total. The van der Waals surface area contributed by atoms with Crippen molar-refractivity contribution in [1.82, 2.24) is 10.3 Å². The number of nitrogens with one attached hydrogen (secondary N) is 1. The highest BCUT2D eigenvalue weighted by Crippen LogP contribution is 2.42. The summed E-state index contributed by atoms with van der Waals surface area (Å²) >= 11 is 0. The predicted octanol–water partition coefficient (Wildman–Crippen LogP) is 2.54. The van der Waals surface area contributed by atoms with Crippen molar-refractivity contribution in [3.05, 3.63) is 23.9 Å². The minimum absolute atomic E-state index is 0.420. The number of pyridine rings is 1. The maximum Gasteiger partial charge on any atom is 0.217 e. The Hall–Kier alpha value is -1.09. The van der Waals surface area contributed by atoms with Crippen molar-refractivity contribution in [2.75, 3.05) is 13.7 Å². The van der Waals surface area contributed by atoms with Crippen molar-refractivity contribution < 1.29 is 4.74 Å². The zero-order valence-corrected chi connectivity index (χ0v) is 10.1. The smallest absolute Gasteiger partial charge is 0.217 e. The molecule has 1 aromatic heterocycles. The molecule has 0 bridgehead atoms. The van der Waals surface area contributed by atoms with Gasteiger partial charge in [0, 0.05) is 17.8 Å². The highest BCUT2D eigenvalue weighted by atomic mass is 16.5. The molecule has 0 saturated heterocycles. The maximum atomic E-state index is 5.33. The molecule has 1 N–H and O–H groups in total. The fraction of sp³-hybridized carbons (Fsp3) is 0.615. The summed E-state index contributed by atoms with van der Waals surface area (Å²) in [5.41, 5.74) is 1.21. The molecular weight excluding hydrogens is 200 g/mol.